The summed E-state index contributed by atoms with van der Waals surface area (Å²) in [5.74, 6) is 0.372. The molecule has 0 bridgehead atoms. The smallest absolute Gasteiger partial charge is 0.275 e. The molecule has 1 unspecified atom stereocenters. The first kappa shape index (κ1) is 19.9. The van der Waals surface area contributed by atoms with E-state index >= 15 is 0 Å². The van der Waals surface area contributed by atoms with Crippen LogP contribution in [-0.2, 0) is 0 Å². The number of carbonyl (C=O) groups is 1. The SMILES string of the molecule is NCCC1CCCN(c2cc(N)ccc2NC(=O)c2csc(-c3cccs3)n2)C1. The Balaban J connectivity index is 1.53. The molecule has 1 fully saturated rings. The predicted molar refractivity (Wildman–Crippen MR) is 123 cm³/mol. The molecule has 29 heavy (non-hydrogen) atoms. The molecule has 1 aliphatic heterocycles. The monoisotopic (exact) mass is 427 g/mol. The van der Waals surface area contributed by atoms with E-state index in [-0.39, 0.29) is 5.91 Å². The Morgan fingerprint density at radius 3 is 3.00 bits per heavy atom. The summed E-state index contributed by atoms with van der Waals surface area (Å²) >= 11 is 3.10. The summed E-state index contributed by atoms with van der Waals surface area (Å²) in [6.45, 7) is 2.59. The first-order valence-electron chi connectivity index (χ1n) is 9.79. The van der Waals surface area contributed by atoms with Gasteiger partial charge in [-0.25, -0.2) is 4.98 Å². The minimum Gasteiger partial charge on any atom is -0.399 e. The Bertz CT molecular complexity index is 967. The summed E-state index contributed by atoms with van der Waals surface area (Å²) in [5.41, 5.74) is 14.7. The van der Waals surface area contributed by atoms with Gasteiger partial charge in [-0.3, -0.25) is 4.79 Å². The molecular weight excluding hydrogens is 402 g/mol. The van der Waals surface area contributed by atoms with E-state index in [0.717, 1.165) is 47.2 Å². The van der Waals surface area contributed by atoms with E-state index in [1.807, 2.05) is 35.7 Å². The van der Waals surface area contributed by atoms with Crippen molar-refractivity contribution in [2.75, 3.05) is 35.6 Å². The summed E-state index contributed by atoms with van der Waals surface area (Å²) in [6.07, 6.45) is 3.33. The van der Waals surface area contributed by atoms with Crippen LogP contribution >= 0.6 is 22.7 Å². The quantitative estimate of drug-likeness (QED) is 0.510. The zero-order chi connectivity index (χ0) is 20.2. The Hall–Kier alpha value is -2.42. The van der Waals surface area contributed by atoms with Gasteiger partial charge in [-0.15, -0.1) is 22.7 Å². The molecule has 1 amide bonds. The number of benzene rings is 1. The highest BCUT2D eigenvalue weighted by molar-refractivity contribution is 7.20. The molecule has 0 spiro atoms. The van der Waals surface area contributed by atoms with Crippen LogP contribution in [0.1, 0.15) is 29.8 Å². The molecular formula is C21H25N5OS2. The van der Waals surface area contributed by atoms with Gasteiger partial charge in [-0.1, -0.05) is 6.07 Å². The van der Waals surface area contributed by atoms with Crippen molar-refractivity contribution in [1.82, 2.24) is 4.98 Å². The number of piperidine rings is 1. The maximum Gasteiger partial charge on any atom is 0.275 e. The summed E-state index contributed by atoms with van der Waals surface area (Å²) < 4.78 is 0. The fraction of sp³-hybridized carbons (Fsp3) is 0.333. The van der Waals surface area contributed by atoms with Gasteiger partial charge in [0.2, 0.25) is 0 Å². The highest BCUT2D eigenvalue weighted by Gasteiger charge is 2.23. The average molecular weight is 428 g/mol. The molecule has 1 atom stereocenters. The number of nitrogens with two attached hydrogens (primary N) is 2. The largest absolute Gasteiger partial charge is 0.399 e. The molecule has 4 rings (SSSR count). The summed E-state index contributed by atoms with van der Waals surface area (Å²) in [5, 5.41) is 7.72. The zero-order valence-corrected chi connectivity index (χ0v) is 17.8. The lowest BCUT2D eigenvalue weighted by Crippen LogP contribution is -2.36. The van der Waals surface area contributed by atoms with Gasteiger partial charge in [0.25, 0.3) is 5.91 Å². The normalized spacial score (nSPS) is 16.7. The third kappa shape index (κ3) is 4.60. The molecule has 0 aliphatic carbocycles. The number of amides is 1. The molecule has 3 heterocycles. The summed E-state index contributed by atoms with van der Waals surface area (Å²) in [4.78, 5) is 20.7. The third-order valence-electron chi connectivity index (χ3n) is 5.17. The minimum absolute atomic E-state index is 0.203. The van der Waals surface area contributed by atoms with Crippen molar-refractivity contribution in [3.63, 3.8) is 0 Å². The van der Waals surface area contributed by atoms with E-state index in [1.165, 1.54) is 17.8 Å². The Kier molecular flexibility index (Phi) is 6.13. The lowest BCUT2D eigenvalue weighted by Gasteiger charge is -2.35. The highest BCUT2D eigenvalue weighted by atomic mass is 32.1. The molecule has 1 saturated heterocycles. The molecule has 152 valence electrons. The van der Waals surface area contributed by atoms with Crippen LogP contribution in [0.25, 0.3) is 9.88 Å². The molecule has 5 N–H and O–H groups in total. The topological polar surface area (TPSA) is 97.3 Å². The van der Waals surface area contributed by atoms with E-state index in [2.05, 4.69) is 15.2 Å². The van der Waals surface area contributed by atoms with Gasteiger partial charge in [0.1, 0.15) is 10.7 Å². The van der Waals surface area contributed by atoms with Gasteiger partial charge < -0.3 is 21.7 Å². The van der Waals surface area contributed by atoms with Gasteiger partial charge in [0.15, 0.2) is 0 Å². The number of nitrogens with zero attached hydrogens (tertiary/aromatic N) is 2. The fourth-order valence-electron chi connectivity index (χ4n) is 3.75. The fourth-order valence-corrected chi connectivity index (χ4v) is 5.36. The molecule has 2 aromatic heterocycles. The van der Waals surface area contributed by atoms with Crippen molar-refractivity contribution in [3.05, 3.63) is 46.8 Å². The van der Waals surface area contributed by atoms with Crippen LogP contribution in [0.5, 0.6) is 0 Å². The Morgan fingerprint density at radius 2 is 2.21 bits per heavy atom. The third-order valence-corrected chi connectivity index (χ3v) is 7.05. The molecule has 3 aromatic rings. The van der Waals surface area contributed by atoms with Crippen LogP contribution < -0.4 is 21.7 Å². The number of hydrogen-bond acceptors (Lipinski definition) is 7. The predicted octanol–water partition coefficient (Wildman–Crippen LogP) is 4.27. The van der Waals surface area contributed by atoms with Crippen LogP contribution in [-0.4, -0.2) is 30.5 Å². The van der Waals surface area contributed by atoms with Crippen molar-refractivity contribution < 1.29 is 4.79 Å². The number of rotatable bonds is 6. The van der Waals surface area contributed by atoms with Crippen molar-refractivity contribution in [2.24, 2.45) is 11.7 Å². The van der Waals surface area contributed by atoms with Gasteiger partial charge in [-0.2, -0.15) is 0 Å². The summed E-state index contributed by atoms with van der Waals surface area (Å²) in [6, 6.07) is 9.63. The van der Waals surface area contributed by atoms with Crippen molar-refractivity contribution in [3.8, 4) is 9.88 Å². The number of carbonyl (C=O) groups excluding carboxylic acids is 1. The van der Waals surface area contributed by atoms with Gasteiger partial charge in [-0.05, 0) is 61.4 Å². The van der Waals surface area contributed by atoms with E-state index in [4.69, 9.17) is 11.5 Å². The minimum atomic E-state index is -0.203. The average Bonchev–Trinajstić information content (AvgIpc) is 3.41. The molecule has 0 saturated carbocycles. The van der Waals surface area contributed by atoms with E-state index in [0.29, 0.717) is 23.8 Å². The number of anilines is 3. The van der Waals surface area contributed by atoms with Crippen LogP contribution in [0, 0.1) is 5.92 Å². The second kappa shape index (κ2) is 8.94. The van der Waals surface area contributed by atoms with E-state index in [1.54, 1.807) is 16.7 Å². The van der Waals surface area contributed by atoms with Crippen LogP contribution in [0.4, 0.5) is 17.1 Å². The lowest BCUT2D eigenvalue weighted by molar-refractivity contribution is 0.102. The van der Waals surface area contributed by atoms with Gasteiger partial charge >= 0.3 is 0 Å². The number of aromatic nitrogens is 1. The second-order valence-electron chi connectivity index (χ2n) is 7.28. The molecule has 1 aliphatic rings. The lowest BCUT2D eigenvalue weighted by atomic mass is 9.94. The van der Waals surface area contributed by atoms with Gasteiger partial charge in [0.05, 0.1) is 16.3 Å². The molecule has 1 aromatic carbocycles. The van der Waals surface area contributed by atoms with Crippen LogP contribution in [0.15, 0.2) is 41.1 Å². The number of nitrogen functional groups attached to an aromatic ring is 1. The summed E-state index contributed by atoms with van der Waals surface area (Å²) in [7, 11) is 0. The molecule has 8 heteroatoms. The Labute approximate surface area is 178 Å². The first-order chi connectivity index (χ1) is 14.1. The number of thiophene rings is 1. The van der Waals surface area contributed by atoms with Crippen LogP contribution in [0.2, 0.25) is 0 Å². The van der Waals surface area contributed by atoms with E-state index < -0.39 is 0 Å². The zero-order valence-electron chi connectivity index (χ0n) is 16.1. The van der Waals surface area contributed by atoms with Crippen molar-refractivity contribution in [1.29, 1.82) is 0 Å². The van der Waals surface area contributed by atoms with Crippen molar-refractivity contribution in [2.45, 2.75) is 19.3 Å². The Morgan fingerprint density at radius 1 is 1.31 bits per heavy atom. The maximum absolute atomic E-state index is 12.9. The molecule has 0 radical (unpaired) electrons. The molecule has 6 nitrogen and oxygen atoms in total. The standard InChI is InChI=1S/C21H25N5OS2/c22-8-7-14-3-1-9-26(12-14)18-11-15(23)5-6-16(18)24-20(27)17-13-29-21(25-17)19-4-2-10-28-19/h2,4-6,10-11,13-14H,1,3,7-9,12,22-23H2,(H,24,27). The highest BCUT2D eigenvalue weighted by Crippen LogP contribution is 2.33. The number of hydrogen-bond donors (Lipinski definition) is 3. The van der Waals surface area contributed by atoms with Crippen LogP contribution in [0.3, 0.4) is 0 Å². The second-order valence-corrected chi connectivity index (χ2v) is 9.08. The van der Waals surface area contributed by atoms with Crippen molar-refractivity contribution >= 4 is 45.6 Å². The van der Waals surface area contributed by atoms with E-state index in [9.17, 15) is 4.79 Å². The number of thiazole rings is 1. The maximum atomic E-state index is 12.9. The number of nitrogens with one attached hydrogen (secondary N) is 1. The van der Waals surface area contributed by atoms with Gasteiger partial charge in [0, 0.05) is 24.2 Å². The first-order valence-corrected chi connectivity index (χ1v) is 11.6.